The first-order chi connectivity index (χ1) is 14.0. The van der Waals surface area contributed by atoms with Crippen molar-refractivity contribution >= 4 is 17.7 Å². The SMILES string of the molecule is CN1C(=O)CCC(C(=O)N(C(=O)C2CCCNC2)C2CC2)C1c1cccc(F)c1. The number of carbonyl (C=O) groups is 3. The smallest absolute Gasteiger partial charge is 0.234 e. The molecule has 3 unspecified atom stereocenters. The van der Waals surface area contributed by atoms with Crippen LogP contribution in [0.2, 0.25) is 0 Å². The molecule has 2 aliphatic heterocycles. The maximum absolute atomic E-state index is 13.9. The summed E-state index contributed by atoms with van der Waals surface area (Å²) in [6, 6.07) is 5.48. The summed E-state index contributed by atoms with van der Waals surface area (Å²) in [5, 5.41) is 3.25. The molecule has 3 fully saturated rings. The number of piperidine rings is 2. The molecule has 6 nitrogen and oxygen atoms in total. The number of imide groups is 1. The largest absolute Gasteiger partial charge is 0.338 e. The molecule has 0 spiro atoms. The molecule has 29 heavy (non-hydrogen) atoms. The van der Waals surface area contributed by atoms with Gasteiger partial charge in [-0.2, -0.15) is 0 Å². The average Bonchev–Trinajstić information content (AvgIpc) is 3.55. The van der Waals surface area contributed by atoms with Gasteiger partial charge in [0.25, 0.3) is 0 Å². The minimum Gasteiger partial charge on any atom is -0.338 e. The number of likely N-dealkylation sites (tertiary alicyclic amines) is 1. The summed E-state index contributed by atoms with van der Waals surface area (Å²) >= 11 is 0. The van der Waals surface area contributed by atoms with E-state index >= 15 is 0 Å². The lowest BCUT2D eigenvalue weighted by atomic mass is 9.83. The fourth-order valence-corrected chi connectivity index (χ4v) is 4.68. The minimum absolute atomic E-state index is 0.0342. The zero-order valence-electron chi connectivity index (χ0n) is 16.8. The van der Waals surface area contributed by atoms with Gasteiger partial charge in [-0.15, -0.1) is 0 Å². The second kappa shape index (κ2) is 8.22. The van der Waals surface area contributed by atoms with E-state index in [9.17, 15) is 18.8 Å². The molecule has 3 atom stereocenters. The van der Waals surface area contributed by atoms with Gasteiger partial charge >= 0.3 is 0 Å². The van der Waals surface area contributed by atoms with E-state index in [1.54, 1.807) is 24.1 Å². The van der Waals surface area contributed by atoms with Crippen LogP contribution in [-0.2, 0) is 14.4 Å². The van der Waals surface area contributed by atoms with Crippen LogP contribution in [0.1, 0.15) is 50.1 Å². The summed E-state index contributed by atoms with van der Waals surface area (Å²) in [6.07, 6.45) is 4.03. The molecule has 1 saturated carbocycles. The Kier molecular flexibility index (Phi) is 5.67. The van der Waals surface area contributed by atoms with Crippen LogP contribution in [0.5, 0.6) is 0 Å². The van der Waals surface area contributed by atoms with Crippen LogP contribution >= 0.6 is 0 Å². The summed E-state index contributed by atoms with van der Waals surface area (Å²) in [5.41, 5.74) is 0.599. The normalized spacial score (nSPS) is 27.6. The zero-order valence-corrected chi connectivity index (χ0v) is 16.8. The highest BCUT2D eigenvalue weighted by molar-refractivity contribution is 5.99. The van der Waals surface area contributed by atoms with Crippen LogP contribution in [0.3, 0.4) is 0 Å². The maximum atomic E-state index is 13.9. The fraction of sp³-hybridized carbons (Fsp3) is 0.591. The predicted molar refractivity (Wildman–Crippen MR) is 105 cm³/mol. The van der Waals surface area contributed by atoms with Crippen LogP contribution in [0, 0.1) is 17.7 Å². The lowest BCUT2D eigenvalue weighted by Gasteiger charge is -2.41. The van der Waals surface area contributed by atoms with E-state index in [0.717, 1.165) is 32.2 Å². The van der Waals surface area contributed by atoms with Crippen molar-refractivity contribution in [3.63, 3.8) is 0 Å². The lowest BCUT2D eigenvalue weighted by Crippen LogP contribution is -2.52. The highest BCUT2D eigenvalue weighted by Gasteiger charge is 2.47. The number of rotatable bonds is 4. The van der Waals surface area contributed by atoms with Gasteiger partial charge in [0.15, 0.2) is 0 Å². The van der Waals surface area contributed by atoms with E-state index in [1.165, 1.54) is 17.0 Å². The quantitative estimate of drug-likeness (QED) is 0.786. The Morgan fingerprint density at radius 2 is 1.97 bits per heavy atom. The molecule has 2 heterocycles. The van der Waals surface area contributed by atoms with E-state index < -0.39 is 17.8 Å². The predicted octanol–water partition coefficient (Wildman–Crippen LogP) is 2.25. The Bertz CT molecular complexity index is 804. The number of halogens is 1. The summed E-state index contributed by atoms with van der Waals surface area (Å²) < 4.78 is 13.9. The monoisotopic (exact) mass is 401 g/mol. The molecule has 2 saturated heterocycles. The second-order valence-electron chi connectivity index (χ2n) is 8.47. The topological polar surface area (TPSA) is 69.7 Å². The standard InChI is InChI=1S/C22H28FN3O3/c1-25-19(27)10-9-18(20(25)14-4-2-6-16(23)12-14)22(29)26(17-7-8-17)21(28)15-5-3-11-24-13-15/h2,4,6,12,15,17-18,20,24H,3,5,7-11,13H2,1H3. The molecule has 156 valence electrons. The molecular weight excluding hydrogens is 373 g/mol. The number of hydrogen-bond acceptors (Lipinski definition) is 4. The van der Waals surface area contributed by atoms with Crippen LogP contribution in [0.25, 0.3) is 0 Å². The van der Waals surface area contributed by atoms with Crippen molar-refractivity contribution in [2.75, 3.05) is 20.1 Å². The van der Waals surface area contributed by atoms with Crippen LogP contribution < -0.4 is 5.32 Å². The number of hydrogen-bond donors (Lipinski definition) is 1. The molecule has 3 aliphatic rings. The molecule has 0 radical (unpaired) electrons. The molecule has 7 heteroatoms. The minimum atomic E-state index is -0.557. The van der Waals surface area contributed by atoms with Gasteiger partial charge in [-0.25, -0.2) is 4.39 Å². The van der Waals surface area contributed by atoms with E-state index in [-0.39, 0.29) is 36.1 Å². The van der Waals surface area contributed by atoms with Gasteiger partial charge in [-0.05, 0) is 56.3 Å². The summed E-state index contributed by atoms with van der Waals surface area (Å²) in [5.74, 6) is -1.49. The van der Waals surface area contributed by atoms with E-state index in [0.29, 0.717) is 18.5 Å². The second-order valence-corrected chi connectivity index (χ2v) is 8.47. The van der Waals surface area contributed by atoms with Gasteiger partial charge in [0.05, 0.1) is 17.9 Å². The molecule has 3 amide bonds. The summed E-state index contributed by atoms with van der Waals surface area (Å²) in [6.45, 7) is 1.50. The Labute approximate surface area is 170 Å². The van der Waals surface area contributed by atoms with Gasteiger partial charge in [-0.3, -0.25) is 19.3 Å². The van der Waals surface area contributed by atoms with Gasteiger partial charge in [0, 0.05) is 26.1 Å². The zero-order chi connectivity index (χ0) is 20.5. The van der Waals surface area contributed by atoms with E-state index in [1.807, 2.05) is 0 Å². The third kappa shape index (κ3) is 4.06. The third-order valence-electron chi connectivity index (χ3n) is 6.40. The number of amides is 3. The Hall–Kier alpha value is -2.28. The van der Waals surface area contributed by atoms with Crippen molar-refractivity contribution in [2.45, 2.75) is 50.6 Å². The maximum Gasteiger partial charge on any atom is 0.234 e. The van der Waals surface area contributed by atoms with Crippen LogP contribution in [0.15, 0.2) is 24.3 Å². The van der Waals surface area contributed by atoms with Crippen molar-refractivity contribution in [3.05, 3.63) is 35.6 Å². The van der Waals surface area contributed by atoms with Crippen LogP contribution in [0.4, 0.5) is 4.39 Å². The molecule has 0 bridgehead atoms. The van der Waals surface area contributed by atoms with E-state index in [2.05, 4.69) is 5.32 Å². The number of benzene rings is 1. The molecule has 4 rings (SSSR count). The Morgan fingerprint density at radius 3 is 2.62 bits per heavy atom. The molecule has 1 N–H and O–H groups in total. The Balaban J connectivity index is 1.63. The summed E-state index contributed by atoms with van der Waals surface area (Å²) in [4.78, 5) is 42.3. The highest BCUT2D eigenvalue weighted by atomic mass is 19.1. The van der Waals surface area contributed by atoms with E-state index in [4.69, 9.17) is 0 Å². The average molecular weight is 401 g/mol. The van der Waals surface area contributed by atoms with Crippen molar-refractivity contribution in [2.24, 2.45) is 11.8 Å². The Morgan fingerprint density at radius 1 is 1.17 bits per heavy atom. The first kappa shape index (κ1) is 20.0. The highest BCUT2D eigenvalue weighted by Crippen LogP contribution is 2.40. The van der Waals surface area contributed by atoms with Gasteiger partial charge < -0.3 is 10.2 Å². The van der Waals surface area contributed by atoms with Crippen LogP contribution in [-0.4, -0.2) is 53.7 Å². The number of nitrogens with one attached hydrogen (secondary N) is 1. The van der Waals surface area contributed by atoms with Gasteiger partial charge in [0.1, 0.15) is 5.82 Å². The molecule has 1 aromatic carbocycles. The van der Waals surface area contributed by atoms with Crippen molar-refractivity contribution in [1.29, 1.82) is 0 Å². The molecule has 1 aromatic rings. The lowest BCUT2D eigenvalue weighted by molar-refractivity contribution is -0.155. The first-order valence-corrected chi connectivity index (χ1v) is 10.6. The summed E-state index contributed by atoms with van der Waals surface area (Å²) in [7, 11) is 1.66. The fourth-order valence-electron chi connectivity index (χ4n) is 4.68. The van der Waals surface area contributed by atoms with Crippen molar-refractivity contribution < 1.29 is 18.8 Å². The molecular formula is C22H28FN3O3. The number of nitrogens with zero attached hydrogens (tertiary/aromatic N) is 2. The van der Waals surface area contributed by atoms with Crippen molar-refractivity contribution in [3.8, 4) is 0 Å². The third-order valence-corrected chi connectivity index (χ3v) is 6.40. The van der Waals surface area contributed by atoms with Crippen molar-refractivity contribution in [1.82, 2.24) is 15.1 Å². The van der Waals surface area contributed by atoms with Gasteiger partial charge in [0.2, 0.25) is 17.7 Å². The molecule has 0 aromatic heterocycles. The van der Waals surface area contributed by atoms with Gasteiger partial charge in [-0.1, -0.05) is 12.1 Å². The molecule has 1 aliphatic carbocycles. The number of carbonyl (C=O) groups excluding carboxylic acids is 3. The first-order valence-electron chi connectivity index (χ1n) is 10.6.